The van der Waals surface area contributed by atoms with Gasteiger partial charge in [0, 0.05) is 28.5 Å². The van der Waals surface area contributed by atoms with E-state index >= 15 is 0 Å². The van der Waals surface area contributed by atoms with Crippen molar-refractivity contribution in [3.63, 3.8) is 0 Å². The highest BCUT2D eigenvalue weighted by Gasteiger charge is 2.15. The Labute approximate surface area is 142 Å². The van der Waals surface area contributed by atoms with Gasteiger partial charge < -0.3 is 4.74 Å². The molecule has 3 aromatic rings. The molecule has 0 amide bonds. The zero-order chi connectivity index (χ0) is 17.1. The van der Waals surface area contributed by atoms with Gasteiger partial charge in [-0.2, -0.15) is 0 Å². The first-order chi connectivity index (χ1) is 11.6. The molecular weight excluding hydrogens is 331 g/mol. The number of methoxy groups -OCH3 is 1. The lowest BCUT2D eigenvalue weighted by Gasteiger charge is -2.09. The molecule has 120 valence electrons. The number of halogens is 2. The zero-order valence-electron chi connectivity index (χ0n) is 12.7. The first-order valence-electron chi connectivity index (χ1n) is 7.05. The van der Waals surface area contributed by atoms with Crippen LogP contribution < -0.4 is 0 Å². The van der Waals surface area contributed by atoms with Gasteiger partial charge in [0.05, 0.1) is 24.1 Å². The van der Waals surface area contributed by atoms with Crippen LogP contribution in [0, 0.1) is 5.82 Å². The molecule has 3 rings (SSSR count). The number of rotatable bonds is 3. The van der Waals surface area contributed by atoms with Gasteiger partial charge in [0.2, 0.25) is 0 Å². The molecule has 0 aliphatic rings. The SMILES string of the molecule is COC(=O)c1cccnc1-c1ccnc(-c2ccc(Cl)cc2F)c1. The predicted molar refractivity (Wildman–Crippen MR) is 89.2 cm³/mol. The summed E-state index contributed by atoms with van der Waals surface area (Å²) >= 11 is 5.78. The summed E-state index contributed by atoms with van der Waals surface area (Å²) in [7, 11) is 1.31. The van der Waals surface area contributed by atoms with Crippen LogP contribution >= 0.6 is 11.6 Å². The zero-order valence-corrected chi connectivity index (χ0v) is 13.4. The second kappa shape index (κ2) is 6.76. The first-order valence-corrected chi connectivity index (χ1v) is 7.43. The molecule has 0 radical (unpaired) electrons. The largest absolute Gasteiger partial charge is 0.465 e. The van der Waals surface area contributed by atoms with Crippen molar-refractivity contribution < 1.29 is 13.9 Å². The van der Waals surface area contributed by atoms with Gasteiger partial charge in [-0.3, -0.25) is 9.97 Å². The van der Waals surface area contributed by atoms with E-state index in [1.807, 2.05) is 0 Å². The number of carbonyl (C=O) groups excluding carboxylic acids is 1. The van der Waals surface area contributed by atoms with Crippen LogP contribution in [0.1, 0.15) is 10.4 Å². The van der Waals surface area contributed by atoms with Gasteiger partial charge in [-0.1, -0.05) is 11.6 Å². The van der Waals surface area contributed by atoms with Crippen LogP contribution in [0.5, 0.6) is 0 Å². The molecule has 4 nitrogen and oxygen atoms in total. The van der Waals surface area contributed by atoms with E-state index in [4.69, 9.17) is 16.3 Å². The van der Waals surface area contributed by atoms with Crippen molar-refractivity contribution in [2.24, 2.45) is 0 Å². The molecule has 0 aliphatic heterocycles. The topological polar surface area (TPSA) is 52.1 Å². The van der Waals surface area contributed by atoms with Gasteiger partial charge in [0.25, 0.3) is 0 Å². The molecule has 0 saturated carbocycles. The number of ether oxygens (including phenoxy) is 1. The Morgan fingerprint density at radius 3 is 2.71 bits per heavy atom. The van der Waals surface area contributed by atoms with E-state index in [0.29, 0.717) is 33.1 Å². The van der Waals surface area contributed by atoms with Gasteiger partial charge in [-0.25, -0.2) is 9.18 Å². The fraction of sp³-hybridized carbons (Fsp3) is 0.0556. The molecule has 0 unspecified atom stereocenters. The Bertz CT molecular complexity index is 915. The average molecular weight is 343 g/mol. The van der Waals surface area contributed by atoms with Crippen molar-refractivity contribution >= 4 is 17.6 Å². The minimum Gasteiger partial charge on any atom is -0.465 e. The normalized spacial score (nSPS) is 10.5. The predicted octanol–water partition coefficient (Wildman–Crippen LogP) is 4.39. The summed E-state index contributed by atoms with van der Waals surface area (Å²) in [5.41, 5.74) is 2.14. The maximum Gasteiger partial charge on any atom is 0.340 e. The number of pyridine rings is 2. The fourth-order valence-electron chi connectivity index (χ4n) is 2.33. The van der Waals surface area contributed by atoms with Crippen LogP contribution in [0.2, 0.25) is 5.02 Å². The van der Waals surface area contributed by atoms with Crippen LogP contribution in [0.4, 0.5) is 4.39 Å². The van der Waals surface area contributed by atoms with E-state index < -0.39 is 11.8 Å². The lowest BCUT2D eigenvalue weighted by atomic mass is 10.0. The molecule has 2 aromatic heterocycles. The lowest BCUT2D eigenvalue weighted by Crippen LogP contribution is -2.05. The van der Waals surface area contributed by atoms with Crippen molar-refractivity contribution in [1.82, 2.24) is 9.97 Å². The Morgan fingerprint density at radius 2 is 1.96 bits per heavy atom. The summed E-state index contributed by atoms with van der Waals surface area (Å²) < 4.78 is 18.9. The molecule has 0 atom stereocenters. The van der Waals surface area contributed by atoms with Crippen LogP contribution in [0.3, 0.4) is 0 Å². The van der Waals surface area contributed by atoms with Gasteiger partial charge in [-0.05, 0) is 42.5 Å². The standard InChI is InChI=1S/C18H12ClFN2O2/c1-24-18(23)14-3-2-7-22-17(14)11-6-8-21-16(9-11)13-5-4-12(19)10-15(13)20/h2-10H,1H3. The minimum atomic E-state index is -0.492. The summed E-state index contributed by atoms with van der Waals surface area (Å²) in [5.74, 6) is -0.963. The molecule has 1 aromatic carbocycles. The number of hydrogen-bond donors (Lipinski definition) is 0. The third-order valence-corrected chi connectivity index (χ3v) is 3.69. The van der Waals surface area contributed by atoms with Crippen LogP contribution in [-0.4, -0.2) is 23.0 Å². The highest BCUT2D eigenvalue weighted by atomic mass is 35.5. The van der Waals surface area contributed by atoms with Crippen molar-refractivity contribution in [3.05, 3.63) is 71.3 Å². The summed E-state index contributed by atoms with van der Waals surface area (Å²) in [4.78, 5) is 20.3. The monoisotopic (exact) mass is 342 g/mol. The molecular formula is C18H12ClFN2O2. The summed E-state index contributed by atoms with van der Waals surface area (Å²) in [6, 6.07) is 11.0. The number of benzene rings is 1. The van der Waals surface area contributed by atoms with E-state index in [0.717, 1.165) is 0 Å². The second-order valence-electron chi connectivity index (χ2n) is 4.95. The number of aromatic nitrogens is 2. The van der Waals surface area contributed by atoms with Crippen LogP contribution in [0.15, 0.2) is 54.9 Å². The summed E-state index contributed by atoms with van der Waals surface area (Å²) in [6.45, 7) is 0. The molecule has 24 heavy (non-hydrogen) atoms. The maximum absolute atomic E-state index is 14.1. The Hall–Kier alpha value is -2.79. The Kier molecular flexibility index (Phi) is 4.53. The molecule has 0 bridgehead atoms. The first kappa shape index (κ1) is 16.1. The van der Waals surface area contributed by atoms with E-state index in [9.17, 15) is 9.18 Å². The smallest absolute Gasteiger partial charge is 0.340 e. The minimum absolute atomic E-state index is 0.310. The van der Waals surface area contributed by atoms with E-state index in [1.165, 1.54) is 19.4 Å². The molecule has 0 spiro atoms. The molecule has 6 heteroatoms. The van der Waals surface area contributed by atoms with Crippen molar-refractivity contribution in [1.29, 1.82) is 0 Å². The summed E-state index contributed by atoms with van der Waals surface area (Å²) in [5, 5.41) is 0.310. The number of hydrogen-bond acceptors (Lipinski definition) is 4. The quantitative estimate of drug-likeness (QED) is 0.662. The number of nitrogens with zero attached hydrogens (tertiary/aromatic N) is 2. The van der Waals surface area contributed by atoms with Gasteiger partial charge in [0.15, 0.2) is 0 Å². The third-order valence-electron chi connectivity index (χ3n) is 3.45. The lowest BCUT2D eigenvalue weighted by molar-refractivity contribution is 0.0601. The van der Waals surface area contributed by atoms with Crippen molar-refractivity contribution in [2.45, 2.75) is 0 Å². The highest BCUT2D eigenvalue weighted by Crippen LogP contribution is 2.28. The van der Waals surface area contributed by atoms with E-state index in [-0.39, 0.29) is 0 Å². The second-order valence-corrected chi connectivity index (χ2v) is 5.38. The van der Waals surface area contributed by atoms with Crippen molar-refractivity contribution in [2.75, 3.05) is 7.11 Å². The van der Waals surface area contributed by atoms with Crippen LogP contribution in [-0.2, 0) is 4.74 Å². The van der Waals surface area contributed by atoms with Gasteiger partial charge >= 0.3 is 5.97 Å². The molecule has 0 N–H and O–H groups in total. The summed E-state index contributed by atoms with van der Waals surface area (Å²) in [6.07, 6.45) is 3.11. The Balaban J connectivity index is 2.11. The molecule has 0 fully saturated rings. The van der Waals surface area contributed by atoms with Gasteiger partial charge in [-0.15, -0.1) is 0 Å². The Morgan fingerprint density at radius 1 is 1.12 bits per heavy atom. The molecule has 0 saturated heterocycles. The molecule has 2 heterocycles. The van der Waals surface area contributed by atoms with E-state index in [1.54, 1.807) is 42.6 Å². The van der Waals surface area contributed by atoms with E-state index in [2.05, 4.69) is 9.97 Å². The third kappa shape index (κ3) is 3.12. The number of esters is 1. The van der Waals surface area contributed by atoms with Gasteiger partial charge in [0.1, 0.15) is 5.82 Å². The van der Waals surface area contributed by atoms with Crippen molar-refractivity contribution in [3.8, 4) is 22.5 Å². The fourth-order valence-corrected chi connectivity index (χ4v) is 2.49. The number of carbonyl (C=O) groups is 1. The molecule has 0 aliphatic carbocycles. The average Bonchev–Trinajstić information content (AvgIpc) is 2.61. The maximum atomic E-state index is 14.1. The highest BCUT2D eigenvalue weighted by molar-refractivity contribution is 6.30. The van der Waals surface area contributed by atoms with Crippen LogP contribution in [0.25, 0.3) is 22.5 Å².